The van der Waals surface area contributed by atoms with E-state index in [-0.39, 0.29) is 17.4 Å². The second kappa shape index (κ2) is 3.97. The quantitative estimate of drug-likeness (QED) is 0.733. The molecule has 0 aliphatic carbocycles. The first-order valence-corrected chi connectivity index (χ1v) is 4.20. The molecule has 0 aromatic heterocycles. The summed E-state index contributed by atoms with van der Waals surface area (Å²) in [4.78, 5) is 0. The molecule has 0 aliphatic rings. The number of nitrogens with two attached hydrogens (primary N) is 1. The van der Waals surface area contributed by atoms with Crippen LogP contribution in [0.25, 0.3) is 0 Å². The van der Waals surface area contributed by atoms with Gasteiger partial charge in [-0.25, -0.2) is 4.39 Å². The molecule has 4 heteroatoms. The summed E-state index contributed by atoms with van der Waals surface area (Å²) in [5, 5.41) is 8.65. The Bertz CT molecular complexity index is 382. The minimum absolute atomic E-state index is 0.0652. The molecule has 0 radical (unpaired) electrons. The van der Waals surface area contributed by atoms with E-state index in [2.05, 4.69) is 0 Å². The van der Waals surface area contributed by atoms with E-state index in [1.807, 2.05) is 13.8 Å². The molecule has 0 saturated heterocycles. The first kappa shape index (κ1) is 10.3. The van der Waals surface area contributed by atoms with Crippen LogP contribution < -0.4 is 10.5 Å². The number of benzene rings is 1. The first-order chi connectivity index (χ1) is 6.54. The number of nitriles is 1. The number of nitrogen functional groups attached to an aromatic ring is 1. The summed E-state index contributed by atoms with van der Waals surface area (Å²) in [5.41, 5.74) is 5.30. The van der Waals surface area contributed by atoms with E-state index in [1.165, 1.54) is 12.1 Å². The van der Waals surface area contributed by atoms with Crippen molar-refractivity contribution >= 4 is 5.69 Å². The molecule has 0 heterocycles. The van der Waals surface area contributed by atoms with Gasteiger partial charge in [0.05, 0.1) is 17.4 Å². The highest BCUT2D eigenvalue weighted by molar-refractivity contribution is 5.57. The molecule has 0 unspecified atom stereocenters. The van der Waals surface area contributed by atoms with Crippen LogP contribution in [0.15, 0.2) is 12.1 Å². The Labute approximate surface area is 81.9 Å². The van der Waals surface area contributed by atoms with Gasteiger partial charge in [-0.15, -0.1) is 0 Å². The van der Waals surface area contributed by atoms with Crippen LogP contribution in [0, 0.1) is 17.1 Å². The van der Waals surface area contributed by atoms with Crippen LogP contribution in [0.3, 0.4) is 0 Å². The maximum Gasteiger partial charge on any atom is 0.151 e. The predicted molar refractivity (Wildman–Crippen MR) is 51.3 cm³/mol. The molecule has 0 aliphatic heterocycles. The van der Waals surface area contributed by atoms with E-state index in [1.54, 1.807) is 6.07 Å². The number of rotatable bonds is 2. The van der Waals surface area contributed by atoms with Crippen molar-refractivity contribution in [2.75, 3.05) is 5.73 Å². The summed E-state index contributed by atoms with van der Waals surface area (Å²) in [7, 11) is 0. The molecule has 74 valence electrons. The number of ether oxygens (including phenoxy) is 1. The van der Waals surface area contributed by atoms with E-state index in [0.717, 1.165) is 0 Å². The smallest absolute Gasteiger partial charge is 0.151 e. The molecule has 0 atom stereocenters. The number of anilines is 1. The second-order valence-electron chi connectivity index (χ2n) is 3.14. The van der Waals surface area contributed by atoms with E-state index in [4.69, 9.17) is 15.7 Å². The Hall–Kier alpha value is -1.76. The van der Waals surface area contributed by atoms with E-state index in [0.29, 0.717) is 5.75 Å². The highest BCUT2D eigenvalue weighted by Crippen LogP contribution is 2.23. The van der Waals surface area contributed by atoms with Gasteiger partial charge in [0.15, 0.2) is 5.82 Å². The minimum atomic E-state index is -0.625. The molecule has 0 fully saturated rings. The normalized spacial score (nSPS) is 9.93. The predicted octanol–water partition coefficient (Wildman–Crippen LogP) is 2.07. The molecule has 3 nitrogen and oxygen atoms in total. The van der Waals surface area contributed by atoms with E-state index >= 15 is 0 Å². The van der Waals surface area contributed by atoms with Crippen molar-refractivity contribution in [1.82, 2.24) is 0 Å². The third kappa shape index (κ3) is 2.13. The number of halogens is 1. The van der Waals surface area contributed by atoms with Crippen LogP contribution in [0.4, 0.5) is 10.1 Å². The SMILES string of the molecule is CC(C)Oc1cc(F)c(N)c(C#N)c1. The molecule has 0 bridgehead atoms. The van der Waals surface area contributed by atoms with Crippen LogP contribution in [0.5, 0.6) is 5.75 Å². The third-order valence-corrected chi connectivity index (χ3v) is 1.60. The van der Waals surface area contributed by atoms with Gasteiger partial charge in [0.2, 0.25) is 0 Å². The number of hydrogen-bond donors (Lipinski definition) is 1. The molecule has 0 spiro atoms. The fraction of sp³-hybridized carbons (Fsp3) is 0.300. The van der Waals surface area contributed by atoms with Crippen molar-refractivity contribution in [3.8, 4) is 11.8 Å². The molecule has 1 aromatic rings. The maximum atomic E-state index is 13.1. The average molecular weight is 194 g/mol. The molecular weight excluding hydrogens is 183 g/mol. The van der Waals surface area contributed by atoms with Crippen molar-refractivity contribution in [1.29, 1.82) is 5.26 Å². The fourth-order valence-corrected chi connectivity index (χ4v) is 1.03. The van der Waals surface area contributed by atoms with Gasteiger partial charge in [0.1, 0.15) is 11.8 Å². The lowest BCUT2D eigenvalue weighted by atomic mass is 10.2. The van der Waals surface area contributed by atoms with Crippen molar-refractivity contribution in [3.63, 3.8) is 0 Å². The van der Waals surface area contributed by atoms with Gasteiger partial charge in [0.25, 0.3) is 0 Å². The Kier molecular flexibility index (Phi) is 2.92. The topological polar surface area (TPSA) is 59.0 Å². The highest BCUT2D eigenvalue weighted by Gasteiger charge is 2.08. The molecule has 14 heavy (non-hydrogen) atoms. The second-order valence-corrected chi connectivity index (χ2v) is 3.14. The summed E-state index contributed by atoms with van der Waals surface area (Å²) < 4.78 is 18.4. The zero-order valence-electron chi connectivity index (χ0n) is 8.04. The Balaban J connectivity index is 3.11. The van der Waals surface area contributed by atoms with Gasteiger partial charge in [-0.05, 0) is 13.8 Å². The minimum Gasteiger partial charge on any atom is -0.491 e. The molecule has 0 saturated carbocycles. The van der Waals surface area contributed by atoms with Crippen molar-refractivity contribution in [2.24, 2.45) is 0 Å². The number of hydrogen-bond acceptors (Lipinski definition) is 3. The lowest BCUT2D eigenvalue weighted by Crippen LogP contribution is -2.06. The zero-order chi connectivity index (χ0) is 10.7. The molecular formula is C10H11FN2O. The monoisotopic (exact) mass is 194 g/mol. The van der Waals surface area contributed by atoms with Gasteiger partial charge in [0, 0.05) is 12.1 Å². The molecule has 0 amide bonds. The summed E-state index contributed by atoms with van der Waals surface area (Å²) in [6.45, 7) is 3.64. The van der Waals surface area contributed by atoms with Crippen molar-refractivity contribution in [3.05, 3.63) is 23.5 Å². The van der Waals surface area contributed by atoms with E-state index < -0.39 is 5.82 Å². The lowest BCUT2D eigenvalue weighted by molar-refractivity contribution is 0.241. The van der Waals surface area contributed by atoms with Gasteiger partial charge in [-0.2, -0.15) is 5.26 Å². The summed E-state index contributed by atoms with van der Waals surface area (Å²) in [6.07, 6.45) is -0.0652. The van der Waals surface area contributed by atoms with Crippen LogP contribution in [0.2, 0.25) is 0 Å². The molecule has 1 rings (SSSR count). The van der Waals surface area contributed by atoms with Crippen LogP contribution in [-0.2, 0) is 0 Å². The Morgan fingerprint density at radius 2 is 2.14 bits per heavy atom. The number of nitrogens with zero attached hydrogens (tertiary/aromatic N) is 1. The summed E-state index contributed by atoms with van der Waals surface area (Å²) in [6, 6.07) is 4.41. The zero-order valence-corrected chi connectivity index (χ0v) is 8.04. The van der Waals surface area contributed by atoms with Crippen LogP contribution in [0.1, 0.15) is 19.4 Å². The summed E-state index contributed by atoms with van der Waals surface area (Å²) in [5.74, 6) is -0.303. The Morgan fingerprint density at radius 1 is 1.50 bits per heavy atom. The van der Waals surface area contributed by atoms with Gasteiger partial charge >= 0.3 is 0 Å². The van der Waals surface area contributed by atoms with Crippen LogP contribution >= 0.6 is 0 Å². The van der Waals surface area contributed by atoms with Crippen molar-refractivity contribution < 1.29 is 9.13 Å². The van der Waals surface area contributed by atoms with Gasteiger partial charge in [-0.1, -0.05) is 0 Å². The Morgan fingerprint density at radius 3 is 2.64 bits per heavy atom. The standard InChI is InChI=1S/C10H11FN2O/c1-6(2)14-8-3-7(5-12)10(13)9(11)4-8/h3-4,6H,13H2,1-2H3. The largest absolute Gasteiger partial charge is 0.491 e. The highest BCUT2D eigenvalue weighted by atomic mass is 19.1. The first-order valence-electron chi connectivity index (χ1n) is 4.20. The van der Waals surface area contributed by atoms with Crippen LogP contribution in [-0.4, -0.2) is 6.10 Å². The van der Waals surface area contributed by atoms with Gasteiger partial charge < -0.3 is 10.5 Å². The third-order valence-electron chi connectivity index (χ3n) is 1.60. The fourth-order valence-electron chi connectivity index (χ4n) is 1.03. The lowest BCUT2D eigenvalue weighted by Gasteiger charge is -2.10. The summed E-state index contributed by atoms with van der Waals surface area (Å²) >= 11 is 0. The molecule has 2 N–H and O–H groups in total. The van der Waals surface area contributed by atoms with E-state index in [9.17, 15) is 4.39 Å². The van der Waals surface area contributed by atoms with Gasteiger partial charge in [-0.3, -0.25) is 0 Å². The van der Waals surface area contributed by atoms with Crippen molar-refractivity contribution in [2.45, 2.75) is 20.0 Å². The maximum absolute atomic E-state index is 13.1. The average Bonchev–Trinajstić information content (AvgIpc) is 2.10. The molecule has 1 aromatic carbocycles.